The van der Waals surface area contributed by atoms with Crippen molar-refractivity contribution < 1.29 is 4.39 Å². The Hall–Kier alpha value is -0.320. The molecule has 0 radical (unpaired) electrons. The van der Waals surface area contributed by atoms with Crippen LogP contribution in [0, 0.1) is 9.39 Å². The van der Waals surface area contributed by atoms with Crippen molar-refractivity contribution in [1.29, 1.82) is 0 Å². The molecule has 1 aromatic rings. The summed E-state index contributed by atoms with van der Waals surface area (Å²) in [7, 11) is 0. The molecule has 0 saturated heterocycles. The fourth-order valence-corrected chi connectivity index (χ4v) is 0.976. The van der Waals surface area contributed by atoms with Crippen LogP contribution < -0.4 is 5.73 Å². The van der Waals surface area contributed by atoms with Gasteiger partial charge in [0, 0.05) is 3.57 Å². The molecule has 0 amide bonds. The van der Waals surface area contributed by atoms with Gasteiger partial charge in [0.2, 0.25) is 0 Å². The number of anilines is 1. The molecule has 0 atom stereocenters. The molecule has 0 unspecified atom stereocenters. The van der Waals surface area contributed by atoms with Gasteiger partial charge >= 0.3 is 0 Å². The van der Waals surface area contributed by atoms with Crippen molar-refractivity contribution >= 4 is 28.3 Å². The minimum Gasteiger partial charge on any atom is -0.395 e. The average molecular weight is 237 g/mol. The molecule has 1 nitrogen and oxygen atoms in total. The maximum atomic E-state index is 12.4. The van der Waals surface area contributed by atoms with E-state index in [4.69, 9.17) is 5.73 Å². The third-order valence-corrected chi connectivity index (χ3v) is 1.94. The summed E-state index contributed by atoms with van der Waals surface area (Å²) in [5, 5.41) is 0. The predicted octanol–water partition coefficient (Wildman–Crippen LogP) is 2.01. The minimum absolute atomic E-state index is 0.234. The van der Waals surface area contributed by atoms with Crippen molar-refractivity contribution in [3.8, 4) is 0 Å². The second kappa shape index (κ2) is 2.51. The zero-order chi connectivity index (χ0) is 6.85. The van der Waals surface area contributed by atoms with Crippen LogP contribution in [0.3, 0.4) is 0 Å². The fourth-order valence-electron chi connectivity index (χ4n) is 0.511. The highest BCUT2D eigenvalue weighted by Gasteiger charge is 1.98. The van der Waals surface area contributed by atoms with Gasteiger partial charge in [-0.05, 0) is 34.7 Å². The van der Waals surface area contributed by atoms with E-state index in [-0.39, 0.29) is 11.5 Å². The van der Waals surface area contributed by atoms with E-state index in [9.17, 15) is 4.39 Å². The zero-order valence-electron chi connectivity index (χ0n) is 4.57. The van der Waals surface area contributed by atoms with Crippen LogP contribution >= 0.6 is 22.6 Å². The summed E-state index contributed by atoms with van der Waals surface area (Å²) < 4.78 is 13.2. The number of hydrogen-bond acceptors (Lipinski definition) is 1. The lowest BCUT2D eigenvalue weighted by Gasteiger charge is -1.96. The van der Waals surface area contributed by atoms with E-state index in [0.29, 0.717) is 0 Å². The lowest BCUT2D eigenvalue weighted by Crippen LogP contribution is -1.92. The van der Waals surface area contributed by atoms with Crippen LogP contribution in [-0.2, 0) is 0 Å². The Kier molecular flexibility index (Phi) is 1.90. The van der Waals surface area contributed by atoms with Gasteiger partial charge in [0.25, 0.3) is 0 Å². The number of halogens is 2. The Bertz CT molecular complexity index is 204. The van der Waals surface area contributed by atoms with Crippen LogP contribution in [-0.4, -0.2) is 0 Å². The van der Waals surface area contributed by atoms with E-state index >= 15 is 0 Å². The standard InChI is InChI=1S/C6H5FIN/c7-4-2-1-3-5(8)6(4)9/h1-3H,9H2. The molecule has 9 heavy (non-hydrogen) atoms. The Morgan fingerprint density at radius 3 is 2.56 bits per heavy atom. The summed E-state index contributed by atoms with van der Waals surface area (Å²) in [6, 6.07) is 4.74. The molecule has 0 aliphatic rings. The molecule has 0 saturated carbocycles. The van der Waals surface area contributed by atoms with Crippen LogP contribution in [0.2, 0.25) is 0 Å². The van der Waals surface area contributed by atoms with Crippen LogP contribution in [0.5, 0.6) is 0 Å². The maximum absolute atomic E-state index is 12.4. The average Bonchev–Trinajstić information content (AvgIpc) is 1.83. The highest BCUT2D eigenvalue weighted by atomic mass is 127. The lowest BCUT2D eigenvalue weighted by molar-refractivity contribution is 0.632. The quantitative estimate of drug-likeness (QED) is 0.542. The summed E-state index contributed by atoms with van der Waals surface area (Å²) in [6.45, 7) is 0. The first-order valence-corrected chi connectivity index (χ1v) is 3.49. The number of para-hydroxylation sites is 1. The van der Waals surface area contributed by atoms with Gasteiger partial charge in [0.15, 0.2) is 0 Å². The van der Waals surface area contributed by atoms with Gasteiger partial charge in [-0.1, -0.05) is 6.07 Å². The molecule has 1 aromatic carbocycles. The fraction of sp³-hybridized carbons (Fsp3) is 0. The van der Waals surface area contributed by atoms with Gasteiger partial charge < -0.3 is 5.73 Å². The second-order valence-electron chi connectivity index (χ2n) is 1.64. The Balaban J connectivity index is 3.25. The van der Waals surface area contributed by atoms with E-state index in [1.54, 1.807) is 12.1 Å². The number of nitrogens with two attached hydrogens (primary N) is 1. The van der Waals surface area contributed by atoms with Crippen LogP contribution in [0.1, 0.15) is 0 Å². The summed E-state index contributed by atoms with van der Waals surface area (Å²) in [5.41, 5.74) is 5.53. The second-order valence-corrected chi connectivity index (χ2v) is 2.80. The highest BCUT2D eigenvalue weighted by molar-refractivity contribution is 14.1. The van der Waals surface area contributed by atoms with Gasteiger partial charge in [-0.25, -0.2) is 4.39 Å². The number of nitrogen functional groups attached to an aromatic ring is 1. The minimum atomic E-state index is -0.345. The van der Waals surface area contributed by atoms with Crippen LogP contribution in [0.4, 0.5) is 10.1 Å². The van der Waals surface area contributed by atoms with Crippen LogP contribution in [0.25, 0.3) is 0 Å². The first kappa shape index (κ1) is 6.80. The molecular weight excluding hydrogens is 232 g/mol. The molecule has 0 heterocycles. The predicted molar refractivity (Wildman–Crippen MR) is 43.5 cm³/mol. The summed E-state index contributed by atoms with van der Waals surface area (Å²) in [6.07, 6.45) is 0. The van der Waals surface area contributed by atoms with E-state index in [2.05, 4.69) is 0 Å². The molecule has 0 bridgehead atoms. The molecule has 2 N–H and O–H groups in total. The zero-order valence-corrected chi connectivity index (χ0v) is 6.72. The van der Waals surface area contributed by atoms with Crippen molar-refractivity contribution in [3.63, 3.8) is 0 Å². The van der Waals surface area contributed by atoms with Gasteiger partial charge in [-0.2, -0.15) is 0 Å². The number of rotatable bonds is 0. The van der Waals surface area contributed by atoms with Crippen molar-refractivity contribution in [2.75, 3.05) is 5.73 Å². The maximum Gasteiger partial charge on any atom is 0.147 e. The van der Waals surface area contributed by atoms with Gasteiger partial charge in [0.05, 0.1) is 5.69 Å². The van der Waals surface area contributed by atoms with Gasteiger partial charge in [0.1, 0.15) is 5.82 Å². The largest absolute Gasteiger partial charge is 0.395 e. The smallest absolute Gasteiger partial charge is 0.147 e. The summed E-state index contributed by atoms with van der Waals surface area (Å²) >= 11 is 1.98. The Morgan fingerprint density at radius 2 is 2.11 bits per heavy atom. The van der Waals surface area contributed by atoms with E-state index < -0.39 is 0 Å². The molecule has 1 rings (SSSR count). The third kappa shape index (κ3) is 1.32. The monoisotopic (exact) mass is 237 g/mol. The van der Waals surface area contributed by atoms with Crippen molar-refractivity contribution in [3.05, 3.63) is 27.6 Å². The van der Waals surface area contributed by atoms with E-state index in [0.717, 1.165) is 3.57 Å². The first-order valence-electron chi connectivity index (χ1n) is 2.41. The van der Waals surface area contributed by atoms with E-state index in [1.807, 2.05) is 22.6 Å². The SMILES string of the molecule is Nc1c(F)cccc1I. The summed E-state index contributed by atoms with van der Waals surface area (Å²) in [5.74, 6) is -0.345. The molecule has 3 heteroatoms. The molecular formula is C6H5FIN. The van der Waals surface area contributed by atoms with Gasteiger partial charge in [-0.15, -0.1) is 0 Å². The molecule has 0 aromatic heterocycles. The molecule has 0 spiro atoms. The lowest BCUT2D eigenvalue weighted by atomic mass is 10.3. The molecule has 0 fully saturated rings. The number of hydrogen-bond donors (Lipinski definition) is 1. The van der Waals surface area contributed by atoms with E-state index in [1.165, 1.54) is 6.07 Å². The van der Waals surface area contributed by atoms with Crippen molar-refractivity contribution in [2.24, 2.45) is 0 Å². The van der Waals surface area contributed by atoms with Crippen LogP contribution in [0.15, 0.2) is 18.2 Å². The Labute approximate surface area is 66.2 Å². The third-order valence-electron chi connectivity index (χ3n) is 1.000. The summed E-state index contributed by atoms with van der Waals surface area (Å²) in [4.78, 5) is 0. The number of benzene rings is 1. The Morgan fingerprint density at radius 1 is 1.44 bits per heavy atom. The first-order chi connectivity index (χ1) is 4.22. The molecule has 0 aliphatic carbocycles. The molecule has 0 aliphatic heterocycles. The normalized spacial score (nSPS) is 9.56. The van der Waals surface area contributed by atoms with Crippen molar-refractivity contribution in [1.82, 2.24) is 0 Å². The molecule has 48 valence electrons. The van der Waals surface area contributed by atoms with Crippen molar-refractivity contribution in [2.45, 2.75) is 0 Å². The topological polar surface area (TPSA) is 26.0 Å². The highest BCUT2D eigenvalue weighted by Crippen LogP contribution is 2.16. The van der Waals surface area contributed by atoms with Gasteiger partial charge in [-0.3, -0.25) is 0 Å².